The summed E-state index contributed by atoms with van der Waals surface area (Å²) < 4.78 is 10.6. The number of hydrogen-bond donors (Lipinski definition) is 1. The van der Waals surface area contributed by atoms with Crippen molar-refractivity contribution in [1.29, 1.82) is 0 Å². The van der Waals surface area contributed by atoms with E-state index in [2.05, 4.69) is 5.32 Å². The summed E-state index contributed by atoms with van der Waals surface area (Å²) in [7, 11) is 1.63. The average molecular weight is 320 g/mol. The summed E-state index contributed by atoms with van der Waals surface area (Å²) in [6, 6.07) is 5.73. The highest BCUT2D eigenvalue weighted by atomic mass is 16.5. The maximum atomic E-state index is 12.4. The van der Waals surface area contributed by atoms with Crippen molar-refractivity contribution in [3.63, 3.8) is 0 Å². The van der Waals surface area contributed by atoms with Gasteiger partial charge in [0.15, 0.2) is 6.10 Å². The topological polar surface area (TPSA) is 67.9 Å². The lowest BCUT2D eigenvalue weighted by atomic mass is 10.1. The van der Waals surface area contributed by atoms with Crippen molar-refractivity contribution in [2.24, 2.45) is 0 Å². The molecule has 0 fully saturated rings. The van der Waals surface area contributed by atoms with Crippen molar-refractivity contribution >= 4 is 17.5 Å². The molecule has 1 aliphatic rings. The Balaban J connectivity index is 1.97. The van der Waals surface area contributed by atoms with Crippen LogP contribution in [0.5, 0.6) is 5.75 Å². The van der Waals surface area contributed by atoms with Crippen LogP contribution >= 0.6 is 0 Å². The Hall–Kier alpha value is -2.08. The second-order valence-electron chi connectivity index (χ2n) is 5.67. The summed E-state index contributed by atoms with van der Waals surface area (Å²) in [5, 5.41) is 2.83. The molecule has 1 atom stereocenters. The molecule has 1 aliphatic heterocycles. The van der Waals surface area contributed by atoms with E-state index >= 15 is 0 Å². The van der Waals surface area contributed by atoms with Gasteiger partial charge in [-0.05, 0) is 38.0 Å². The molecule has 2 amide bonds. The van der Waals surface area contributed by atoms with Gasteiger partial charge in [0, 0.05) is 33.2 Å². The Morgan fingerprint density at radius 3 is 2.96 bits per heavy atom. The molecule has 0 aromatic heterocycles. The van der Waals surface area contributed by atoms with Gasteiger partial charge in [0.25, 0.3) is 5.91 Å². The van der Waals surface area contributed by atoms with Crippen LogP contribution in [0.3, 0.4) is 0 Å². The number of benzene rings is 1. The fourth-order valence-electron chi connectivity index (χ4n) is 2.49. The predicted molar refractivity (Wildman–Crippen MR) is 87.7 cm³/mol. The number of fused-ring (bicyclic) bond motifs is 1. The lowest BCUT2D eigenvalue weighted by Crippen LogP contribution is -2.45. The van der Waals surface area contributed by atoms with Gasteiger partial charge in [-0.1, -0.05) is 6.07 Å². The van der Waals surface area contributed by atoms with Crippen molar-refractivity contribution in [2.45, 2.75) is 32.8 Å². The third-order valence-electron chi connectivity index (χ3n) is 3.73. The number of aryl methyl sites for hydroxylation is 1. The maximum Gasteiger partial charge on any atom is 0.267 e. The zero-order chi connectivity index (χ0) is 16.8. The third-order valence-corrected chi connectivity index (χ3v) is 3.73. The quantitative estimate of drug-likeness (QED) is 0.776. The minimum absolute atomic E-state index is 0.0674. The number of methoxy groups -OCH3 is 1. The molecule has 23 heavy (non-hydrogen) atoms. The van der Waals surface area contributed by atoms with Gasteiger partial charge in [0.1, 0.15) is 5.75 Å². The van der Waals surface area contributed by atoms with E-state index in [1.54, 1.807) is 18.9 Å². The van der Waals surface area contributed by atoms with Crippen LogP contribution in [-0.2, 0) is 14.3 Å². The van der Waals surface area contributed by atoms with E-state index in [0.717, 1.165) is 17.7 Å². The molecule has 0 aliphatic carbocycles. The van der Waals surface area contributed by atoms with E-state index in [1.807, 2.05) is 25.1 Å². The molecule has 0 saturated carbocycles. The van der Waals surface area contributed by atoms with Crippen LogP contribution in [0.4, 0.5) is 5.69 Å². The molecular weight excluding hydrogens is 296 g/mol. The van der Waals surface area contributed by atoms with Crippen molar-refractivity contribution in [3.8, 4) is 5.75 Å². The summed E-state index contributed by atoms with van der Waals surface area (Å²) in [5.74, 6) is 0.501. The fraction of sp³-hybridized carbons (Fsp3) is 0.529. The lowest BCUT2D eigenvalue weighted by molar-refractivity contribution is -0.125. The molecule has 0 saturated heterocycles. The molecule has 126 valence electrons. The highest BCUT2D eigenvalue weighted by Crippen LogP contribution is 2.34. The smallest absolute Gasteiger partial charge is 0.267 e. The number of carbonyl (C=O) groups is 2. The largest absolute Gasteiger partial charge is 0.479 e. The molecule has 1 aromatic carbocycles. The number of rotatable bonds is 7. The fourth-order valence-corrected chi connectivity index (χ4v) is 2.49. The molecule has 6 nitrogen and oxygen atoms in total. The van der Waals surface area contributed by atoms with Gasteiger partial charge in [-0.2, -0.15) is 0 Å². The van der Waals surface area contributed by atoms with Crippen LogP contribution < -0.4 is 15.0 Å². The highest BCUT2D eigenvalue weighted by molar-refractivity contribution is 6.00. The Kier molecular flexibility index (Phi) is 5.98. The van der Waals surface area contributed by atoms with Crippen molar-refractivity contribution in [3.05, 3.63) is 23.8 Å². The maximum absolute atomic E-state index is 12.4. The predicted octanol–water partition coefficient (Wildman–Crippen LogP) is 1.65. The van der Waals surface area contributed by atoms with Crippen LogP contribution in [-0.4, -0.2) is 44.7 Å². The van der Waals surface area contributed by atoms with E-state index in [9.17, 15) is 9.59 Å². The number of hydrogen-bond acceptors (Lipinski definition) is 4. The number of nitrogens with zero attached hydrogens (tertiary/aromatic N) is 1. The summed E-state index contributed by atoms with van der Waals surface area (Å²) in [6.07, 6.45) is 0.506. The lowest BCUT2D eigenvalue weighted by Gasteiger charge is -2.33. The molecule has 2 rings (SSSR count). The monoisotopic (exact) mass is 320 g/mol. The molecule has 6 heteroatoms. The number of anilines is 1. The molecule has 1 N–H and O–H groups in total. The van der Waals surface area contributed by atoms with Crippen LogP contribution in [0, 0.1) is 6.92 Å². The first-order valence-corrected chi connectivity index (χ1v) is 7.87. The third kappa shape index (κ3) is 4.45. The Morgan fingerprint density at radius 1 is 1.43 bits per heavy atom. The zero-order valence-electron chi connectivity index (χ0n) is 13.9. The SMILES string of the molecule is COCCCNC(=O)CCN1C(=O)C(C)Oc2ccc(C)cc21. The van der Waals surface area contributed by atoms with Gasteiger partial charge in [-0.15, -0.1) is 0 Å². The molecule has 0 spiro atoms. The van der Waals surface area contributed by atoms with Gasteiger partial charge < -0.3 is 19.7 Å². The summed E-state index contributed by atoms with van der Waals surface area (Å²) in [5.41, 5.74) is 1.78. The normalized spacial score (nSPS) is 16.7. The standard InChI is InChI=1S/C17H24N2O4/c1-12-5-6-15-14(11-12)19(17(21)13(2)23-15)9-7-16(20)18-8-4-10-22-3/h5-6,11,13H,4,7-10H2,1-3H3,(H,18,20). The Labute approximate surface area is 136 Å². The van der Waals surface area contributed by atoms with E-state index in [1.165, 1.54) is 0 Å². The zero-order valence-corrected chi connectivity index (χ0v) is 13.9. The van der Waals surface area contributed by atoms with Gasteiger partial charge in [0.05, 0.1) is 5.69 Å². The molecular formula is C17H24N2O4. The van der Waals surface area contributed by atoms with Crippen LogP contribution in [0.15, 0.2) is 18.2 Å². The average Bonchev–Trinajstić information content (AvgIpc) is 2.53. The first-order chi connectivity index (χ1) is 11.0. The first kappa shape index (κ1) is 17.3. The van der Waals surface area contributed by atoms with Gasteiger partial charge in [-0.25, -0.2) is 0 Å². The van der Waals surface area contributed by atoms with Crippen LogP contribution in [0.2, 0.25) is 0 Å². The summed E-state index contributed by atoms with van der Waals surface area (Å²) >= 11 is 0. The minimum Gasteiger partial charge on any atom is -0.479 e. The van der Waals surface area contributed by atoms with E-state index in [4.69, 9.17) is 9.47 Å². The summed E-state index contributed by atoms with van der Waals surface area (Å²) in [6.45, 7) is 5.23. The number of carbonyl (C=O) groups excluding carboxylic acids is 2. The molecule has 0 bridgehead atoms. The molecule has 1 heterocycles. The summed E-state index contributed by atoms with van der Waals surface area (Å²) in [4.78, 5) is 25.9. The van der Waals surface area contributed by atoms with Crippen molar-refractivity contribution < 1.29 is 19.1 Å². The van der Waals surface area contributed by atoms with Gasteiger partial charge >= 0.3 is 0 Å². The van der Waals surface area contributed by atoms with Gasteiger partial charge in [0.2, 0.25) is 5.91 Å². The van der Waals surface area contributed by atoms with E-state index in [0.29, 0.717) is 25.4 Å². The molecule has 1 aromatic rings. The second-order valence-corrected chi connectivity index (χ2v) is 5.67. The number of nitrogens with one attached hydrogen (secondary N) is 1. The first-order valence-electron chi connectivity index (χ1n) is 7.87. The number of ether oxygens (including phenoxy) is 2. The minimum atomic E-state index is -0.532. The van der Waals surface area contributed by atoms with Crippen molar-refractivity contribution in [2.75, 3.05) is 31.7 Å². The highest BCUT2D eigenvalue weighted by Gasteiger charge is 2.31. The second kappa shape index (κ2) is 7.97. The Bertz CT molecular complexity index is 574. The number of amides is 2. The van der Waals surface area contributed by atoms with Gasteiger partial charge in [-0.3, -0.25) is 9.59 Å². The molecule has 1 unspecified atom stereocenters. The van der Waals surface area contributed by atoms with E-state index < -0.39 is 6.10 Å². The van der Waals surface area contributed by atoms with Crippen LogP contribution in [0.1, 0.15) is 25.3 Å². The van der Waals surface area contributed by atoms with E-state index in [-0.39, 0.29) is 18.2 Å². The molecule has 0 radical (unpaired) electrons. The van der Waals surface area contributed by atoms with Crippen molar-refractivity contribution in [1.82, 2.24) is 5.32 Å². The van der Waals surface area contributed by atoms with Crippen LogP contribution in [0.25, 0.3) is 0 Å². The Morgan fingerprint density at radius 2 is 2.22 bits per heavy atom.